The lowest BCUT2D eigenvalue weighted by Gasteiger charge is -1.93. The summed E-state index contributed by atoms with van der Waals surface area (Å²) in [6.07, 6.45) is 0. The van der Waals surface area contributed by atoms with Crippen LogP contribution in [-0.2, 0) is 14.3 Å². The van der Waals surface area contributed by atoms with Crippen LogP contribution in [0.25, 0.3) is 0 Å². The minimum Gasteiger partial charge on any atom is -0.473 e. The van der Waals surface area contributed by atoms with Crippen LogP contribution in [0.4, 0.5) is 0 Å². The van der Waals surface area contributed by atoms with Gasteiger partial charge in [0.2, 0.25) is 0 Å². The van der Waals surface area contributed by atoms with Gasteiger partial charge in [-0.25, -0.2) is 9.59 Å². The van der Waals surface area contributed by atoms with E-state index in [0.717, 1.165) is 0 Å². The van der Waals surface area contributed by atoms with Crippen LogP contribution in [0.2, 0.25) is 0 Å². The van der Waals surface area contributed by atoms with Crippen molar-refractivity contribution in [1.29, 1.82) is 0 Å². The first-order valence-electron chi connectivity index (χ1n) is 1.78. The van der Waals surface area contributed by atoms with E-state index in [0.29, 0.717) is 0 Å². The molecule has 5 nitrogen and oxygen atoms in total. The summed E-state index contributed by atoms with van der Waals surface area (Å²) in [6, 6.07) is 0. The smallest absolute Gasteiger partial charge is 0.424 e. The van der Waals surface area contributed by atoms with Gasteiger partial charge < -0.3 is 15.6 Å². The summed E-state index contributed by atoms with van der Waals surface area (Å²) < 4.78 is 3.78. The van der Waals surface area contributed by atoms with Gasteiger partial charge in [-0.2, -0.15) is 0 Å². The lowest BCUT2D eigenvalue weighted by Crippen LogP contribution is -2.23. The summed E-state index contributed by atoms with van der Waals surface area (Å²) in [5.74, 6) is -3.19. The first kappa shape index (κ1) is 7.83. The van der Waals surface area contributed by atoms with Gasteiger partial charge in [-0.05, 0) is 12.2 Å². The summed E-state index contributed by atoms with van der Waals surface area (Å²) >= 11 is 4.06. The fourth-order valence-corrected chi connectivity index (χ4v) is 0.211. The Labute approximate surface area is 55.4 Å². The molecule has 0 amide bonds. The number of hydrogen-bond acceptors (Lipinski definition) is 4. The number of thiocarbonyl (C=S) groups is 1. The molecule has 0 spiro atoms. The number of rotatable bonds is 0. The number of carboxylic acids is 1. The van der Waals surface area contributed by atoms with Crippen LogP contribution in [0.15, 0.2) is 0 Å². The molecule has 6 heteroatoms. The molecule has 0 aromatic carbocycles. The zero-order valence-electron chi connectivity index (χ0n) is 4.16. The molecule has 0 aromatic heterocycles. The SMILES string of the molecule is NC(=S)OC(=O)C(=O)O. The van der Waals surface area contributed by atoms with Crippen molar-refractivity contribution in [2.45, 2.75) is 0 Å². The first-order chi connectivity index (χ1) is 4.04. The van der Waals surface area contributed by atoms with E-state index in [2.05, 4.69) is 22.7 Å². The number of hydrogen-bond donors (Lipinski definition) is 2. The molecule has 0 saturated heterocycles. The summed E-state index contributed by atoms with van der Waals surface area (Å²) in [7, 11) is 0. The van der Waals surface area contributed by atoms with Gasteiger partial charge in [-0.1, -0.05) is 0 Å². The van der Waals surface area contributed by atoms with Gasteiger partial charge in [0.1, 0.15) is 0 Å². The predicted octanol–water partition coefficient (Wildman–Crippen LogP) is -1.14. The molecule has 0 saturated carbocycles. The van der Waals surface area contributed by atoms with Gasteiger partial charge >= 0.3 is 11.9 Å². The Balaban J connectivity index is 3.79. The molecule has 3 N–H and O–H groups in total. The zero-order chi connectivity index (χ0) is 7.44. The maximum Gasteiger partial charge on any atom is 0.424 e. The minimum atomic E-state index is -1.72. The van der Waals surface area contributed by atoms with Crippen LogP contribution in [0, 0.1) is 0 Å². The molecule has 0 rings (SSSR count). The van der Waals surface area contributed by atoms with Gasteiger partial charge in [0.25, 0.3) is 5.17 Å². The molecule has 0 fully saturated rings. The van der Waals surface area contributed by atoms with Gasteiger partial charge in [-0.15, -0.1) is 0 Å². The monoisotopic (exact) mass is 149 g/mol. The summed E-state index contributed by atoms with van der Waals surface area (Å²) in [4.78, 5) is 19.6. The van der Waals surface area contributed by atoms with Crippen molar-refractivity contribution in [3.8, 4) is 0 Å². The zero-order valence-corrected chi connectivity index (χ0v) is 4.97. The van der Waals surface area contributed by atoms with Crippen molar-refractivity contribution >= 4 is 29.3 Å². The summed E-state index contributed by atoms with van der Waals surface area (Å²) in [5.41, 5.74) is 4.66. The van der Waals surface area contributed by atoms with Crippen LogP contribution in [-0.4, -0.2) is 22.2 Å². The second-order valence-corrected chi connectivity index (χ2v) is 1.42. The van der Waals surface area contributed by atoms with E-state index in [1.807, 2.05) is 0 Å². The molecule has 0 radical (unpaired) electrons. The van der Waals surface area contributed by atoms with E-state index in [4.69, 9.17) is 5.11 Å². The van der Waals surface area contributed by atoms with Crippen molar-refractivity contribution in [2.75, 3.05) is 0 Å². The van der Waals surface area contributed by atoms with E-state index in [-0.39, 0.29) is 0 Å². The van der Waals surface area contributed by atoms with E-state index in [9.17, 15) is 9.59 Å². The second-order valence-electron chi connectivity index (χ2n) is 1.01. The topological polar surface area (TPSA) is 89.6 Å². The fourth-order valence-electron chi connectivity index (χ4n) is 0.135. The second kappa shape index (κ2) is 2.98. The highest BCUT2D eigenvalue weighted by Gasteiger charge is 2.13. The predicted molar refractivity (Wildman–Crippen MR) is 30.5 cm³/mol. The van der Waals surface area contributed by atoms with Crippen molar-refractivity contribution in [3.63, 3.8) is 0 Å². The molecule has 0 bridgehead atoms. The molecular formula is C3H3NO4S. The Hall–Kier alpha value is -1.17. The number of nitrogens with two attached hydrogens (primary N) is 1. The van der Waals surface area contributed by atoms with Crippen molar-refractivity contribution < 1.29 is 19.4 Å². The molecule has 0 atom stereocenters. The molecule has 0 aliphatic heterocycles. The summed E-state index contributed by atoms with van der Waals surface area (Å²) in [5, 5.41) is 7.25. The lowest BCUT2D eigenvalue weighted by atomic mass is 10.7. The Bertz CT molecular complexity index is 165. The van der Waals surface area contributed by atoms with Crippen molar-refractivity contribution in [1.82, 2.24) is 0 Å². The van der Waals surface area contributed by atoms with Crippen LogP contribution < -0.4 is 5.73 Å². The third kappa shape index (κ3) is 3.42. The molecule has 50 valence electrons. The van der Waals surface area contributed by atoms with E-state index in [1.165, 1.54) is 0 Å². The highest BCUT2D eigenvalue weighted by Crippen LogP contribution is 1.76. The average molecular weight is 149 g/mol. The average Bonchev–Trinajstić information content (AvgIpc) is 1.63. The van der Waals surface area contributed by atoms with Gasteiger partial charge in [0, 0.05) is 0 Å². The Morgan fingerprint density at radius 3 is 2.11 bits per heavy atom. The molecular weight excluding hydrogens is 146 g/mol. The third-order valence-corrected chi connectivity index (χ3v) is 0.451. The molecule has 0 aromatic rings. The van der Waals surface area contributed by atoms with Crippen molar-refractivity contribution in [3.05, 3.63) is 0 Å². The largest absolute Gasteiger partial charge is 0.473 e. The van der Waals surface area contributed by atoms with E-state index >= 15 is 0 Å². The maximum atomic E-state index is 9.96. The fraction of sp³-hybridized carbons (Fsp3) is 0. The minimum absolute atomic E-state index is 0.595. The highest BCUT2D eigenvalue weighted by atomic mass is 32.1. The lowest BCUT2D eigenvalue weighted by molar-refractivity contribution is -0.158. The Kier molecular flexibility index (Phi) is 2.59. The number of aliphatic carboxylic acids is 1. The van der Waals surface area contributed by atoms with Gasteiger partial charge in [-0.3, -0.25) is 0 Å². The number of esters is 1. The highest BCUT2D eigenvalue weighted by molar-refractivity contribution is 7.80. The molecule has 0 unspecified atom stereocenters. The van der Waals surface area contributed by atoms with E-state index < -0.39 is 17.1 Å². The Morgan fingerprint density at radius 2 is 2.00 bits per heavy atom. The number of carboxylic acid groups (broad SMARTS) is 1. The van der Waals surface area contributed by atoms with Crippen LogP contribution in [0.3, 0.4) is 0 Å². The Morgan fingerprint density at radius 1 is 1.56 bits per heavy atom. The summed E-state index contributed by atoms with van der Waals surface area (Å²) in [6.45, 7) is 0. The molecule has 0 heterocycles. The third-order valence-electron chi connectivity index (χ3n) is 0.368. The quantitative estimate of drug-likeness (QED) is 0.257. The van der Waals surface area contributed by atoms with E-state index in [1.54, 1.807) is 0 Å². The molecule has 0 aliphatic rings. The first-order valence-corrected chi connectivity index (χ1v) is 2.19. The normalized spacial score (nSPS) is 8.00. The molecule has 9 heavy (non-hydrogen) atoms. The number of carbonyl (C=O) groups excluding carboxylic acids is 1. The number of carbonyl (C=O) groups is 2. The van der Waals surface area contributed by atoms with Gasteiger partial charge in [0.15, 0.2) is 0 Å². The molecule has 0 aliphatic carbocycles. The maximum absolute atomic E-state index is 9.96. The van der Waals surface area contributed by atoms with Crippen molar-refractivity contribution in [2.24, 2.45) is 5.73 Å². The van der Waals surface area contributed by atoms with Gasteiger partial charge in [0.05, 0.1) is 0 Å². The number of ether oxygens (including phenoxy) is 1. The van der Waals surface area contributed by atoms with Crippen LogP contribution in [0.5, 0.6) is 0 Å². The standard InChI is InChI=1S/C3H3NO4S/c4-3(9)8-2(7)1(5)6/h(H2,4,9)(H,5,6). The van der Waals surface area contributed by atoms with Crippen LogP contribution >= 0.6 is 12.2 Å². The van der Waals surface area contributed by atoms with Crippen LogP contribution in [0.1, 0.15) is 0 Å².